The van der Waals surface area contributed by atoms with Gasteiger partial charge in [-0.25, -0.2) is 0 Å². The number of carbonyl (C=O) groups is 2. The Morgan fingerprint density at radius 2 is 1.73 bits per heavy atom. The first kappa shape index (κ1) is 23.2. The average Bonchev–Trinajstić information content (AvgIpc) is 3.32. The molecule has 0 radical (unpaired) electrons. The second kappa shape index (κ2) is 10.7. The van der Waals surface area contributed by atoms with Crippen molar-refractivity contribution in [3.63, 3.8) is 0 Å². The van der Waals surface area contributed by atoms with Crippen LogP contribution in [0.2, 0.25) is 0 Å². The monoisotopic (exact) mass is 455 g/mol. The largest absolute Gasteiger partial charge is 0.493 e. The molecule has 0 atom stereocenters. The van der Waals surface area contributed by atoms with Gasteiger partial charge >= 0.3 is 11.8 Å². The van der Waals surface area contributed by atoms with Crippen LogP contribution in [0.25, 0.3) is 11.4 Å². The molecule has 12 heteroatoms. The lowest BCUT2D eigenvalue weighted by Gasteiger charge is -2.07. The number of amides is 2. The minimum atomic E-state index is -0.584. The molecule has 0 saturated heterocycles. The highest BCUT2D eigenvalue weighted by Crippen LogP contribution is 2.31. The van der Waals surface area contributed by atoms with Crippen LogP contribution in [0, 0.1) is 10.1 Å². The van der Waals surface area contributed by atoms with E-state index in [1.165, 1.54) is 38.5 Å². The van der Waals surface area contributed by atoms with Crippen molar-refractivity contribution in [2.45, 2.75) is 6.42 Å². The number of carbonyl (C=O) groups excluding carboxylic acids is 2. The maximum absolute atomic E-state index is 12.2. The fraction of sp³-hybridized carbons (Fsp3) is 0.238. The zero-order chi connectivity index (χ0) is 23.8. The Balaban J connectivity index is 1.46. The van der Waals surface area contributed by atoms with Gasteiger partial charge in [0.1, 0.15) is 0 Å². The standard InChI is InChI=1S/C21H21N5O7/c1-31-16-8-5-14(12-17(16)32-2)19-24-21(33-25-19)20(28)23-10-9-22-18(27)11-13-3-6-15(7-4-13)26(29)30/h3-8,12H,9-11H2,1-2H3,(H,22,27)(H,23,28). The van der Waals surface area contributed by atoms with Gasteiger partial charge in [0.2, 0.25) is 11.7 Å². The van der Waals surface area contributed by atoms with Crippen molar-refractivity contribution >= 4 is 17.5 Å². The van der Waals surface area contributed by atoms with E-state index in [-0.39, 0.29) is 42.8 Å². The number of nitrogens with zero attached hydrogens (tertiary/aromatic N) is 3. The third-order valence-electron chi connectivity index (χ3n) is 4.51. The molecule has 1 aromatic heterocycles. The van der Waals surface area contributed by atoms with E-state index in [4.69, 9.17) is 14.0 Å². The molecular weight excluding hydrogens is 434 g/mol. The van der Waals surface area contributed by atoms with Crippen molar-refractivity contribution in [1.82, 2.24) is 20.8 Å². The van der Waals surface area contributed by atoms with E-state index in [9.17, 15) is 19.7 Å². The van der Waals surface area contributed by atoms with E-state index in [0.29, 0.717) is 22.6 Å². The summed E-state index contributed by atoms with van der Waals surface area (Å²) in [6, 6.07) is 10.8. The lowest BCUT2D eigenvalue weighted by atomic mass is 10.1. The number of aromatic nitrogens is 2. The van der Waals surface area contributed by atoms with Gasteiger partial charge in [0.05, 0.1) is 25.6 Å². The van der Waals surface area contributed by atoms with Crippen molar-refractivity contribution in [2.75, 3.05) is 27.3 Å². The van der Waals surface area contributed by atoms with Crippen LogP contribution in [0.4, 0.5) is 5.69 Å². The first-order valence-electron chi connectivity index (χ1n) is 9.75. The Bertz CT molecular complexity index is 1140. The first-order valence-corrected chi connectivity index (χ1v) is 9.75. The van der Waals surface area contributed by atoms with E-state index in [2.05, 4.69) is 20.8 Å². The number of hydrogen-bond donors (Lipinski definition) is 2. The van der Waals surface area contributed by atoms with Crippen molar-refractivity contribution < 1.29 is 28.5 Å². The van der Waals surface area contributed by atoms with Crippen LogP contribution in [0.5, 0.6) is 11.5 Å². The zero-order valence-corrected chi connectivity index (χ0v) is 17.9. The second-order valence-corrected chi connectivity index (χ2v) is 6.70. The van der Waals surface area contributed by atoms with Crippen molar-refractivity contribution in [1.29, 1.82) is 0 Å². The molecule has 0 saturated carbocycles. The molecule has 12 nitrogen and oxygen atoms in total. The van der Waals surface area contributed by atoms with Crippen LogP contribution in [0.1, 0.15) is 16.2 Å². The predicted octanol–water partition coefficient (Wildman–Crippen LogP) is 1.75. The Labute approximate surface area is 188 Å². The Hall–Kier alpha value is -4.48. The molecular formula is C21H21N5O7. The molecule has 0 unspecified atom stereocenters. The summed E-state index contributed by atoms with van der Waals surface area (Å²) < 4.78 is 15.4. The van der Waals surface area contributed by atoms with E-state index >= 15 is 0 Å². The van der Waals surface area contributed by atoms with Crippen LogP contribution in [0.15, 0.2) is 47.0 Å². The van der Waals surface area contributed by atoms with Gasteiger partial charge in [-0.15, -0.1) is 0 Å². The highest BCUT2D eigenvalue weighted by atomic mass is 16.6. The molecule has 0 aliphatic rings. The van der Waals surface area contributed by atoms with Gasteiger partial charge in [-0.3, -0.25) is 19.7 Å². The number of benzene rings is 2. The Kier molecular flexibility index (Phi) is 7.52. The number of non-ortho nitro benzene ring substituents is 1. The number of rotatable bonds is 10. The summed E-state index contributed by atoms with van der Waals surface area (Å²) in [5.74, 6) is 0.133. The molecule has 1 heterocycles. The zero-order valence-electron chi connectivity index (χ0n) is 17.9. The molecule has 33 heavy (non-hydrogen) atoms. The molecule has 2 amide bonds. The Morgan fingerprint density at radius 3 is 2.39 bits per heavy atom. The van der Waals surface area contributed by atoms with Gasteiger partial charge < -0.3 is 24.6 Å². The second-order valence-electron chi connectivity index (χ2n) is 6.70. The summed E-state index contributed by atoms with van der Waals surface area (Å²) in [7, 11) is 3.02. The molecule has 2 aromatic carbocycles. The molecule has 3 rings (SSSR count). The fourth-order valence-corrected chi connectivity index (χ4v) is 2.85. The van der Waals surface area contributed by atoms with Gasteiger partial charge in [0, 0.05) is 30.8 Å². The topological polar surface area (TPSA) is 159 Å². The molecule has 0 aliphatic carbocycles. The third kappa shape index (κ3) is 6.03. The maximum atomic E-state index is 12.2. The van der Waals surface area contributed by atoms with Gasteiger partial charge in [-0.1, -0.05) is 17.3 Å². The number of nitrogens with one attached hydrogen (secondary N) is 2. The number of methoxy groups -OCH3 is 2. The molecule has 0 spiro atoms. The highest BCUT2D eigenvalue weighted by molar-refractivity contribution is 5.90. The SMILES string of the molecule is COc1ccc(-c2noc(C(=O)NCCNC(=O)Cc3ccc([N+](=O)[O-])cc3)n2)cc1OC. The lowest BCUT2D eigenvalue weighted by Crippen LogP contribution is -2.35. The highest BCUT2D eigenvalue weighted by Gasteiger charge is 2.17. The Morgan fingerprint density at radius 1 is 1.03 bits per heavy atom. The van der Waals surface area contributed by atoms with E-state index < -0.39 is 10.8 Å². The number of hydrogen-bond acceptors (Lipinski definition) is 9. The average molecular weight is 455 g/mol. The van der Waals surface area contributed by atoms with E-state index in [1.54, 1.807) is 18.2 Å². The summed E-state index contributed by atoms with van der Waals surface area (Å²) in [6.45, 7) is 0.313. The van der Waals surface area contributed by atoms with Crippen LogP contribution >= 0.6 is 0 Å². The van der Waals surface area contributed by atoms with Crippen LogP contribution < -0.4 is 20.1 Å². The lowest BCUT2D eigenvalue weighted by molar-refractivity contribution is -0.384. The van der Waals surface area contributed by atoms with E-state index in [0.717, 1.165) is 0 Å². The van der Waals surface area contributed by atoms with Gasteiger partial charge in [0.15, 0.2) is 11.5 Å². The van der Waals surface area contributed by atoms with Gasteiger partial charge in [-0.2, -0.15) is 4.98 Å². The predicted molar refractivity (Wildman–Crippen MR) is 115 cm³/mol. The molecule has 172 valence electrons. The quantitative estimate of drug-likeness (QED) is 0.264. The molecule has 0 bridgehead atoms. The smallest absolute Gasteiger partial charge is 0.316 e. The number of nitro benzene ring substituents is 1. The molecule has 0 aliphatic heterocycles. The summed E-state index contributed by atoms with van der Waals surface area (Å²) in [5.41, 5.74) is 1.17. The fourth-order valence-electron chi connectivity index (χ4n) is 2.85. The van der Waals surface area contributed by atoms with Crippen molar-refractivity contribution in [3.05, 3.63) is 64.0 Å². The summed E-state index contributed by atoms with van der Waals surface area (Å²) in [6.07, 6.45) is 0.0598. The van der Waals surface area contributed by atoms with Gasteiger partial charge in [-0.05, 0) is 23.8 Å². The van der Waals surface area contributed by atoms with Crippen LogP contribution in [-0.4, -0.2) is 54.2 Å². The minimum absolute atomic E-state index is 0.0443. The van der Waals surface area contributed by atoms with E-state index in [1.807, 2.05) is 0 Å². The number of ether oxygens (including phenoxy) is 2. The van der Waals surface area contributed by atoms with Crippen molar-refractivity contribution in [3.8, 4) is 22.9 Å². The maximum Gasteiger partial charge on any atom is 0.316 e. The minimum Gasteiger partial charge on any atom is -0.493 e. The first-order chi connectivity index (χ1) is 15.9. The van der Waals surface area contributed by atoms with Gasteiger partial charge in [0.25, 0.3) is 5.69 Å². The summed E-state index contributed by atoms with van der Waals surface area (Å²) in [4.78, 5) is 38.4. The molecule has 3 aromatic rings. The summed E-state index contributed by atoms with van der Waals surface area (Å²) >= 11 is 0. The van der Waals surface area contributed by atoms with Crippen LogP contribution in [0.3, 0.4) is 0 Å². The van der Waals surface area contributed by atoms with Crippen molar-refractivity contribution in [2.24, 2.45) is 0 Å². The molecule has 2 N–H and O–H groups in total. The normalized spacial score (nSPS) is 10.4. The number of nitro groups is 1. The third-order valence-corrected chi connectivity index (χ3v) is 4.51. The van der Waals surface area contributed by atoms with Crippen LogP contribution in [-0.2, 0) is 11.2 Å². The summed E-state index contributed by atoms with van der Waals surface area (Å²) in [5, 5.41) is 19.7. The molecule has 0 fully saturated rings.